The number of carbonyl (C=O) groups is 2. The van der Waals surface area contributed by atoms with Crippen LogP contribution >= 0.6 is 11.6 Å². The highest BCUT2D eigenvalue weighted by atomic mass is 35.5. The highest BCUT2D eigenvalue weighted by Gasteiger charge is 2.26. The third kappa shape index (κ3) is 4.54. The lowest BCUT2D eigenvalue weighted by Crippen LogP contribution is -2.20. The average molecular weight is 381 g/mol. The number of ketones is 1. The molecule has 0 spiro atoms. The Labute approximate surface area is 162 Å². The minimum absolute atomic E-state index is 0.320. The lowest BCUT2D eigenvalue weighted by Gasteiger charge is -2.17. The molecule has 0 N–H and O–H groups in total. The number of esters is 1. The topological polar surface area (TPSA) is 52.6 Å². The highest BCUT2D eigenvalue weighted by Crippen LogP contribution is 2.25. The van der Waals surface area contributed by atoms with Gasteiger partial charge in [-0.1, -0.05) is 41.9 Å². The van der Waals surface area contributed by atoms with Crippen LogP contribution in [0.15, 0.2) is 78.9 Å². The first-order valence-corrected chi connectivity index (χ1v) is 8.66. The third-order valence-corrected chi connectivity index (χ3v) is 4.27. The van der Waals surface area contributed by atoms with E-state index in [4.69, 9.17) is 21.1 Å². The molecule has 136 valence electrons. The van der Waals surface area contributed by atoms with Gasteiger partial charge in [0.05, 0.1) is 12.7 Å². The van der Waals surface area contributed by atoms with Gasteiger partial charge in [0.25, 0.3) is 0 Å². The summed E-state index contributed by atoms with van der Waals surface area (Å²) in [6.07, 6.45) is -1.05. The second-order valence-corrected chi connectivity index (χ2v) is 6.23. The Bertz CT molecular complexity index is 919. The van der Waals surface area contributed by atoms with E-state index in [0.717, 1.165) is 0 Å². The monoisotopic (exact) mass is 380 g/mol. The van der Waals surface area contributed by atoms with Crippen molar-refractivity contribution in [3.05, 3.63) is 101 Å². The SMILES string of the molecule is COc1ccc(C(=O)O[C@H](C(=O)c2ccc(Cl)cc2)c2ccccc2)cc1. The van der Waals surface area contributed by atoms with Gasteiger partial charge in [0, 0.05) is 16.1 Å². The van der Waals surface area contributed by atoms with E-state index >= 15 is 0 Å². The van der Waals surface area contributed by atoms with E-state index < -0.39 is 12.1 Å². The maximum Gasteiger partial charge on any atom is 0.339 e. The molecular formula is C22H17ClO4. The molecule has 3 aromatic carbocycles. The summed E-state index contributed by atoms with van der Waals surface area (Å²) in [4.78, 5) is 25.6. The van der Waals surface area contributed by atoms with Gasteiger partial charge in [-0.3, -0.25) is 4.79 Å². The van der Waals surface area contributed by atoms with Crippen LogP contribution in [-0.2, 0) is 4.74 Å². The predicted molar refractivity (Wildman–Crippen MR) is 103 cm³/mol. The molecule has 4 nitrogen and oxygen atoms in total. The van der Waals surface area contributed by atoms with Crippen molar-refractivity contribution in [1.29, 1.82) is 0 Å². The van der Waals surface area contributed by atoms with Crippen LogP contribution in [0.1, 0.15) is 32.4 Å². The Morgan fingerprint density at radius 1 is 0.815 bits per heavy atom. The zero-order valence-electron chi connectivity index (χ0n) is 14.6. The van der Waals surface area contributed by atoms with Crippen LogP contribution in [0.5, 0.6) is 5.75 Å². The van der Waals surface area contributed by atoms with Crippen molar-refractivity contribution in [3.8, 4) is 5.75 Å². The molecule has 0 saturated heterocycles. The molecule has 0 fully saturated rings. The highest BCUT2D eigenvalue weighted by molar-refractivity contribution is 6.30. The van der Waals surface area contributed by atoms with Crippen LogP contribution in [0.2, 0.25) is 5.02 Å². The van der Waals surface area contributed by atoms with E-state index in [9.17, 15) is 9.59 Å². The molecule has 0 heterocycles. The summed E-state index contributed by atoms with van der Waals surface area (Å²) >= 11 is 5.90. The van der Waals surface area contributed by atoms with E-state index in [0.29, 0.717) is 27.5 Å². The fourth-order valence-electron chi connectivity index (χ4n) is 2.57. The van der Waals surface area contributed by atoms with Crippen molar-refractivity contribution >= 4 is 23.4 Å². The first kappa shape index (κ1) is 18.7. The van der Waals surface area contributed by atoms with E-state index in [-0.39, 0.29) is 5.78 Å². The van der Waals surface area contributed by atoms with E-state index in [1.807, 2.05) is 6.07 Å². The molecule has 3 aromatic rings. The van der Waals surface area contributed by atoms with E-state index in [1.165, 1.54) is 0 Å². The van der Waals surface area contributed by atoms with Crippen LogP contribution in [0, 0.1) is 0 Å². The number of Topliss-reactive ketones (excluding diaryl/α,β-unsaturated/α-hetero) is 1. The van der Waals surface area contributed by atoms with Crippen molar-refractivity contribution in [1.82, 2.24) is 0 Å². The molecule has 0 radical (unpaired) electrons. The number of carbonyl (C=O) groups excluding carboxylic acids is 2. The van der Waals surface area contributed by atoms with E-state index in [2.05, 4.69) is 0 Å². The molecule has 0 aromatic heterocycles. The van der Waals surface area contributed by atoms with Crippen LogP contribution in [0.25, 0.3) is 0 Å². The lowest BCUT2D eigenvalue weighted by molar-refractivity contribution is 0.0280. The van der Waals surface area contributed by atoms with Crippen LogP contribution in [0.4, 0.5) is 0 Å². The predicted octanol–water partition coefficient (Wildman–Crippen LogP) is 5.13. The molecule has 27 heavy (non-hydrogen) atoms. The van der Waals surface area contributed by atoms with Crippen molar-refractivity contribution in [2.24, 2.45) is 0 Å². The Kier molecular flexibility index (Phi) is 5.89. The lowest BCUT2D eigenvalue weighted by atomic mass is 9.99. The molecular weight excluding hydrogens is 364 g/mol. The number of hydrogen-bond donors (Lipinski definition) is 0. The number of ether oxygens (including phenoxy) is 2. The second-order valence-electron chi connectivity index (χ2n) is 5.80. The summed E-state index contributed by atoms with van der Waals surface area (Å²) in [5.41, 5.74) is 1.34. The summed E-state index contributed by atoms with van der Waals surface area (Å²) in [5.74, 6) is -0.281. The second kappa shape index (κ2) is 8.52. The molecule has 0 aliphatic rings. The summed E-state index contributed by atoms with van der Waals surface area (Å²) < 4.78 is 10.7. The zero-order chi connectivity index (χ0) is 19.2. The van der Waals surface area contributed by atoms with Crippen LogP contribution in [0.3, 0.4) is 0 Å². The van der Waals surface area contributed by atoms with Gasteiger partial charge in [0.1, 0.15) is 5.75 Å². The first-order valence-electron chi connectivity index (χ1n) is 8.28. The fraction of sp³-hybridized carbons (Fsp3) is 0.0909. The Hall–Kier alpha value is -3.11. The Morgan fingerprint density at radius 2 is 1.41 bits per heavy atom. The maximum atomic E-state index is 13.0. The minimum atomic E-state index is -1.05. The average Bonchev–Trinajstić information content (AvgIpc) is 2.72. The van der Waals surface area contributed by atoms with Gasteiger partial charge in [0.15, 0.2) is 6.10 Å². The van der Waals surface area contributed by atoms with Gasteiger partial charge in [-0.25, -0.2) is 4.79 Å². The third-order valence-electron chi connectivity index (χ3n) is 4.02. The fourth-order valence-corrected chi connectivity index (χ4v) is 2.69. The van der Waals surface area contributed by atoms with Gasteiger partial charge in [-0.2, -0.15) is 0 Å². The Morgan fingerprint density at radius 3 is 2.00 bits per heavy atom. The maximum absolute atomic E-state index is 13.0. The summed E-state index contributed by atoms with van der Waals surface area (Å²) in [5, 5.41) is 0.526. The standard InChI is InChI=1S/C22H17ClO4/c1-26-19-13-9-17(10-14-19)22(25)27-21(16-5-3-2-4-6-16)20(24)15-7-11-18(23)12-8-15/h2-14,21H,1H3/t21-/m0/s1. The smallest absolute Gasteiger partial charge is 0.339 e. The van der Waals surface area contributed by atoms with Crippen LogP contribution in [-0.4, -0.2) is 18.9 Å². The zero-order valence-corrected chi connectivity index (χ0v) is 15.3. The van der Waals surface area contributed by atoms with Crippen molar-refractivity contribution in [3.63, 3.8) is 0 Å². The van der Waals surface area contributed by atoms with Crippen molar-refractivity contribution in [2.75, 3.05) is 7.11 Å². The molecule has 0 saturated carbocycles. The number of benzene rings is 3. The van der Waals surface area contributed by atoms with Gasteiger partial charge in [0.2, 0.25) is 5.78 Å². The largest absolute Gasteiger partial charge is 0.497 e. The summed E-state index contributed by atoms with van der Waals surface area (Å²) in [7, 11) is 1.55. The number of halogens is 1. The molecule has 0 unspecified atom stereocenters. The van der Waals surface area contributed by atoms with E-state index in [1.54, 1.807) is 79.9 Å². The van der Waals surface area contributed by atoms with Gasteiger partial charge < -0.3 is 9.47 Å². The van der Waals surface area contributed by atoms with Crippen LogP contribution < -0.4 is 4.74 Å². The van der Waals surface area contributed by atoms with Gasteiger partial charge >= 0.3 is 5.97 Å². The summed E-state index contributed by atoms with van der Waals surface area (Å²) in [6, 6.07) is 21.9. The molecule has 3 rings (SSSR count). The molecule has 5 heteroatoms. The number of rotatable bonds is 6. The number of hydrogen-bond acceptors (Lipinski definition) is 4. The number of methoxy groups -OCH3 is 1. The first-order chi connectivity index (χ1) is 13.1. The van der Waals surface area contributed by atoms with Crippen molar-refractivity contribution in [2.45, 2.75) is 6.10 Å². The minimum Gasteiger partial charge on any atom is -0.497 e. The van der Waals surface area contributed by atoms with Gasteiger partial charge in [-0.05, 0) is 48.5 Å². The molecule has 0 amide bonds. The molecule has 0 aliphatic carbocycles. The normalized spacial score (nSPS) is 11.5. The molecule has 1 atom stereocenters. The van der Waals surface area contributed by atoms with Crippen molar-refractivity contribution < 1.29 is 19.1 Å². The molecule has 0 aliphatic heterocycles. The quantitative estimate of drug-likeness (QED) is 0.439. The summed E-state index contributed by atoms with van der Waals surface area (Å²) in [6.45, 7) is 0. The van der Waals surface area contributed by atoms with Gasteiger partial charge in [-0.15, -0.1) is 0 Å². The molecule has 0 bridgehead atoms. The Balaban J connectivity index is 1.89.